The van der Waals surface area contributed by atoms with Crippen molar-refractivity contribution in [1.29, 1.82) is 0 Å². The SMILES string of the molecule is CCCNc1cncc(C(=O)Nc2cccc3cccnc23)c1. The van der Waals surface area contributed by atoms with Crippen LogP contribution in [0, 0.1) is 0 Å². The summed E-state index contributed by atoms with van der Waals surface area (Å²) in [5.41, 5.74) is 2.83. The van der Waals surface area contributed by atoms with Gasteiger partial charge >= 0.3 is 0 Å². The van der Waals surface area contributed by atoms with E-state index in [0.717, 1.165) is 29.6 Å². The van der Waals surface area contributed by atoms with Gasteiger partial charge in [-0.2, -0.15) is 0 Å². The Kier molecular flexibility index (Phi) is 4.47. The van der Waals surface area contributed by atoms with Gasteiger partial charge in [-0.05, 0) is 24.6 Å². The fraction of sp³-hybridized carbons (Fsp3) is 0.167. The Labute approximate surface area is 134 Å². The first-order chi connectivity index (χ1) is 11.3. The molecule has 2 N–H and O–H groups in total. The van der Waals surface area contributed by atoms with E-state index in [1.54, 1.807) is 24.7 Å². The average Bonchev–Trinajstić information content (AvgIpc) is 2.60. The van der Waals surface area contributed by atoms with Crippen molar-refractivity contribution in [1.82, 2.24) is 9.97 Å². The summed E-state index contributed by atoms with van der Waals surface area (Å²) in [6, 6.07) is 11.4. The van der Waals surface area contributed by atoms with Crippen molar-refractivity contribution in [2.45, 2.75) is 13.3 Å². The lowest BCUT2D eigenvalue weighted by molar-refractivity contribution is 0.102. The Hall–Kier alpha value is -2.95. The monoisotopic (exact) mass is 306 g/mol. The first kappa shape index (κ1) is 15.0. The molecule has 116 valence electrons. The number of para-hydroxylation sites is 1. The predicted molar refractivity (Wildman–Crippen MR) is 92.7 cm³/mol. The topological polar surface area (TPSA) is 66.9 Å². The van der Waals surface area contributed by atoms with Crippen LogP contribution < -0.4 is 10.6 Å². The van der Waals surface area contributed by atoms with Gasteiger partial charge in [0.2, 0.25) is 0 Å². The number of nitrogens with zero attached hydrogens (tertiary/aromatic N) is 2. The maximum absolute atomic E-state index is 12.5. The number of carbonyl (C=O) groups excluding carboxylic acids is 1. The molecule has 0 saturated carbocycles. The Balaban J connectivity index is 1.83. The van der Waals surface area contributed by atoms with Crippen molar-refractivity contribution in [2.24, 2.45) is 0 Å². The van der Waals surface area contributed by atoms with Gasteiger partial charge in [-0.25, -0.2) is 0 Å². The van der Waals surface area contributed by atoms with E-state index in [4.69, 9.17) is 0 Å². The van der Waals surface area contributed by atoms with Crippen LogP contribution in [-0.2, 0) is 0 Å². The number of hydrogen-bond acceptors (Lipinski definition) is 4. The van der Waals surface area contributed by atoms with Crippen LogP contribution >= 0.6 is 0 Å². The number of aromatic nitrogens is 2. The summed E-state index contributed by atoms with van der Waals surface area (Å²) >= 11 is 0. The number of carbonyl (C=O) groups is 1. The molecular formula is C18H18N4O. The van der Waals surface area contributed by atoms with Crippen molar-refractivity contribution in [3.05, 3.63) is 60.6 Å². The second-order valence-corrected chi connectivity index (χ2v) is 5.22. The molecule has 0 fully saturated rings. The molecule has 1 amide bonds. The zero-order valence-electron chi connectivity index (χ0n) is 12.9. The molecule has 2 heterocycles. The highest BCUT2D eigenvalue weighted by atomic mass is 16.1. The van der Waals surface area contributed by atoms with Crippen molar-refractivity contribution in [3.63, 3.8) is 0 Å². The van der Waals surface area contributed by atoms with Crippen LogP contribution in [-0.4, -0.2) is 22.4 Å². The number of benzene rings is 1. The molecule has 23 heavy (non-hydrogen) atoms. The van der Waals surface area contributed by atoms with Gasteiger partial charge < -0.3 is 10.6 Å². The summed E-state index contributed by atoms with van der Waals surface area (Å²) in [5, 5.41) is 7.13. The zero-order chi connectivity index (χ0) is 16.1. The van der Waals surface area contributed by atoms with Crippen LogP contribution in [0.3, 0.4) is 0 Å². The fourth-order valence-corrected chi connectivity index (χ4v) is 2.33. The molecule has 3 rings (SSSR count). The minimum atomic E-state index is -0.198. The molecule has 0 spiro atoms. The molecule has 2 aromatic heterocycles. The van der Waals surface area contributed by atoms with Gasteiger partial charge in [-0.15, -0.1) is 0 Å². The largest absolute Gasteiger partial charge is 0.384 e. The summed E-state index contributed by atoms with van der Waals surface area (Å²) in [6.07, 6.45) is 6.00. The second-order valence-electron chi connectivity index (χ2n) is 5.22. The maximum Gasteiger partial charge on any atom is 0.257 e. The number of fused-ring (bicyclic) bond motifs is 1. The smallest absolute Gasteiger partial charge is 0.257 e. The van der Waals surface area contributed by atoms with Crippen LogP contribution in [0.2, 0.25) is 0 Å². The summed E-state index contributed by atoms with van der Waals surface area (Å²) in [4.78, 5) is 20.9. The van der Waals surface area contributed by atoms with Gasteiger partial charge in [-0.3, -0.25) is 14.8 Å². The first-order valence-corrected chi connectivity index (χ1v) is 7.62. The Bertz CT molecular complexity index is 827. The van der Waals surface area contributed by atoms with E-state index in [1.165, 1.54) is 0 Å². The highest BCUT2D eigenvalue weighted by molar-refractivity contribution is 6.08. The molecular weight excluding hydrogens is 288 g/mol. The van der Waals surface area contributed by atoms with Crippen molar-refractivity contribution in [3.8, 4) is 0 Å². The van der Waals surface area contributed by atoms with Gasteiger partial charge in [-0.1, -0.05) is 25.1 Å². The fourth-order valence-electron chi connectivity index (χ4n) is 2.33. The van der Waals surface area contributed by atoms with Crippen molar-refractivity contribution in [2.75, 3.05) is 17.2 Å². The lowest BCUT2D eigenvalue weighted by Crippen LogP contribution is -2.13. The third kappa shape index (κ3) is 3.45. The van der Waals surface area contributed by atoms with Gasteiger partial charge in [0.1, 0.15) is 0 Å². The third-order valence-corrected chi connectivity index (χ3v) is 3.46. The first-order valence-electron chi connectivity index (χ1n) is 7.62. The average molecular weight is 306 g/mol. The van der Waals surface area contributed by atoms with Crippen LogP contribution in [0.15, 0.2) is 55.0 Å². The van der Waals surface area contributed by atoms with Crippen LogP contribution in [0.4, 0.5) is 11.4 Å². The Morgan fingerprint density at radius 3 is 2.91 bits per heavy atom. The predicted octanol–water partition coefficient (Wildman–Crippen LogP) is 3.70. The van der Waals surface area contributed by atoms with Crippen molar-refractivity contribution < 1.29 is 4.79 Å². The number of anilines is 2. The van der Waals surface area contributed by atoms with E-state index >= 15 is 0 Å². The lowest BCUT2D eigenvalue weighted by atomic mass is 10.2. The molecule has 3 aromatic rings. The molecule has 0 radical (unpaired) electrons. The van der Waals surface area contributed by atoms with E-state index in [1.807, 2.05) is 30.3 Å². The highest BCUT2D eigenvalue weighted by Crippen LogP contribution is 2.21. The van der Waals surface area contributed by atoms with E-state index < -0.39 is 0 Å². The summed E-state index contributed by atoms with van der Waals surface area (Å²) in [7, 11) is 0. The summed E-state index contributed by atoms with van der Waals surface area (Å²) < 4.78 is 0. The summed E-state index contributed by atoms with van der Waals surface area (Å²) in [5.74, 6) is -0.198. The molecule has 0 aliphatic heterocycles. The standard InChI is InChI=1S/C18H18N4O/c1-2-8-20-15-10-14(11-19-12-15)18(23)22-16-7-3-5-13-6-4-9-21-17(13)16/h3-7,9-12,20H,2,8H2,1H3,(H,22,23). The lowest BCUT2D eigenvalue weighted by Gasteiger charge is -2.09. The zero-order valence-corrected chi connectivity index (χ0v) is 12.9. The van der Waals surface area contributed by atoms with E-state index in [9.17, 15) is 4.79 Å². The van der Waals surface area contributed by atoms with Gasteiger partial charge in [0.15, 0.2) is 0 Å². The number of pyridine rings is 2. The Morgan fingerprint density at radius 1 is 1.17 bits per heavy atom. The van der Waals surface area contributed by atoms with Gasteiger partial charge in [0.05, 0.1) is 22.5 Å². The normalized spacial score (nSPS) is 10.5. The van der Waals surface area contributed by atoms with Crippen LogP contribution in [0.1, 0.15) is 23.7 Å². The second kappa shape index (κ2) is 6.87. The molecule has 0 bridgehead atoms. The quantitative estimate of drug-likeness (QED) is 0.754. The molecule has 5 heteroatoms. The number of amides is 1. The molecule has 0 aliphatic rings. The molecule has 0 saturated heterocycles. The minimum Gasteiger partial charge on any atom is -0.384 e. The van der Waals surface area contributed by atoms with Gasteiger partial charge in [0.25, 0.3) is 5.91 Å². The number of rotatable bonds is 5. The number of nitrogens with one attached hydrogen (secondary N) is 2. The maximum atomic E-state index is 12.5. The minimum absolute atomic E-state index is 0.198. The molecule has 0 aliphatic carbocycles. The molecule has 0 atom stereocenters. The van der Waals surface area contributed by atoms with E-state index in [-0.39, 0.29) is 5.91 Å². The van der Waals surface area contributed by atoms with Crippen LogP contribution in [0.5, 0.6) is 0 Å². The van der Waals surface area contributed by atoms with E-state index in [0.29, 0.717) is 11.3 Å². The van der Waals surface area contributed by atoms with Gasteiger partial charge in [0, 0.05) is 30.5 Å². The molecule has 0 unspecified atom stereocenters. The van der Waals surface area contributed by atoms with Crippen LogP contribution in [0.25, 0.3) is 10.9 Å². The number of hydrogen-bond donors (Lipinski definition) is 2. The third-order valence-electron chi connectivity index (χ3n) is 3.46. The molecule has 5 nitrogen and oxygen atoms in total. The molecule has 1 aromatic carbocycles. The Morgan fingerprint density at radius 2 is 2.04 bits per heavy atom. The van der Waals surface area contributed by atoms with E-state index in [2.05, 4.69) is 27.5 Å². The van der Waals surface area contributed by atoms with Crippen molar-refractivity contribution >= 4 is 28.2 Å². The highest BCUT2D eigenvalue weighted by Gasteiger charge is 2.10. The summed E-state index contributed by atoms with van der Waals surface area (Å²) in [6.45, 7) is 2.94.